The molecule has 0 radical (unpaired) electrons. The van der Waals surface area contributed by atoms with Crippen LogP contribution in [-0.4, -0.2) is 50.1 Å². The molecule has 0 aliphatic rings. The molecular formula is C22H20ClN3O4S. The van der Waals surface area contributed by atoms with Crippen LogP contribution in [0.25, 0.3) is 21.2 Å². The van der Waals surface area contributed by atoms with Crippen molar-refractivity contribution < 1.29 is 13.9 Å². The SMILES string of the molecule is COc1ccc(Cl)c2sc(N(CCN(C)C)C(=O)c3cc4ccccc4oc3=O)nc12. The minimum atomic E-state index is -0.685. The van der Waals surface area contributed by atoms with Crippen molar-refractivity contribution in [3.63, 3.8) is 0 Å². The second-order valence-electron chi connectivity index (χ2n) is 7.17. The molecule has 0 atom stereocenters. The molecule has 0 saturated carbocycles. The molecule has 2 aromatic heterocycles. The van der Waals surface area contributed by atoms with E-state index in [0.717, 1.165) is 0 Å². The van der Waals surface area contributed by atoms with E-state index in [2.05, 4.69) is 4.98 Å². The molecule has 1 amide bonds. The number of ether oxygens (including phenoxy) is 1. The van der Waals surface area contributed by atoms with E-state index in [0.29, 0.717) is 50.2 Å². The van der Waals surface area contributed by atoms with Gasteiger partial charge in [0.05, 0.1) is 16.8 Å². The molecule has 0 unspecified atom stereocenters. The number of nitrogens with zero attached hydrogens (tertiary/aromatic N) is 3. The summed E-state index contributed by atoms with van der Waals surface area (Å²) in [5.74, 6) is 0.0858. The summed E-state index contributed by atoms with van der Waals surface area (Å²) in [5.41, 5.74) is 0.272. The lowest BCUT2D eigenvalue weighted by molar-refractivity contribution is 0.0982. The topological polar surface area (TPSA) is 75.9 Å². The predicted octanol–water partition coefficient (Wildman–Crippen LogP) is 4.27. The summed E-state index contributed by atoms with van der Waals surface area (Å²) in [7, 11) is 5.37. The van der Waals surface area contributed by atoms with E-state index < -0.39 is 11.5 Å². The van der Waals surface area contributed by atoms with Crippen molar-refractivity contribution in [2.24, 2.45) is 0 Å². The quantitative estimate of drug-likeness (QED) is 0.402. The second-order valence-corrected chi connectivity index (χ2v) is 8.55. The first-order chi connectivity index (χ1) is 14.9. The molecule has 7 nitrogen and oxygen atoms in total. The van der Waals surface area contributed by atoms with Crippen LogP contribution in [0.2, 0.25) is 5.02 Å². The Morgan fingerprint density at radius 2 is 1.97 bits per heavy atom. The van der Waals surface area contributed by atoms with Gasteiger partial charge in [-0.05, 0) is 38.4 Å². The van der Waals surface area contributed by atoms with Crippen LogP contribution in [0.5, 0.6) is 5.75 Å². The smallest absolute Gasteiger partial charge is 0.349 e. The Labute approximate surface area is 187 Å². The van der Waals surface area contributed by atoms with Gasteiger partial charge in [0.15, 0.2) is 5.13 Å². The summed E-state index contributed by atoms with van der Waals surface area (Å²) >= 11 is 7.63. The summed E-state index contributed by atoms with van der Waals surface area (Å²) in [6, 6.07) is 12.1. The Bertz CT molecular complexity index is 1330. The molecule has 0 fully saturated rings. The van der Waals surface area contributed by atoms with Gasteiger partial charge in [-0.3, -0.25) is 9.69 Å². The van der Waals surface area contributed by atoms with Gasteiger partial charge in [0.2, 0.25) is 0 Å². The largest absolute Gasteiger partial charge is 0.494 e. The number of hydrogen-bond donors (Lipinski definition) is 0. The zero-order valence-corrected chi connectivity index (χ0v) is 18.8. The molecule has 2 aromatic carbocycles. The summed E-state index contributed by atoms with van der Waals surface area (Å²) in [4.78, 5) is 34.1. The first-order valence-electron chi connectivity index (χ1n) is 9.51. The van der Waals surface area contributed by atoms with E-state index in [9.17, 15) is 9.59 Å². The lowest BCUT2D eigenvalue weighted by Crippen LogP contribution is -2.38. The molecule has 0 N–H and O–H groups in total. The molecule has 31 heavy (non-hydrogen) atoms. The van der Waals surface area contributed by atoms with Gasteiger partial charge in [0.1, 0.15) is 22.4 Å². The fourth-order valence-corrected chi connectivity index (χ4v) is 4.44. The van der Waals surface area contributed by atoms with Crippen LogP contribution in [-0.2, 0) is 0 Å². The van der Waals surface area contributed by atoms with Crippen molar-refractivity contribution in [1.82, 2.24) is 9.88 Å². The standard InChI is InChI=1S/C22H20ClN3O4S/c1-25(2)10-11-26(22-24-18-17(29-3)9-8-15(23)19(18)31-22)20(27)14-12-13-6-4-5-7-16(13)30-21(14)28/h4-9,12H,10-11H2,1-3H3. The van der Waals surface area contributed by atoms with E-state index in [4.69, 9.17) is 20.8 Å². The summed E-state index contributed by atoms with van der Waals surface area (Å²) < 4.78 is 11.5. The van der Waals surface area contributed by atoms with Gasteiger partial charge in [-0.25, -0.2) is 9.78 Å². The normalized spacial score (nSPS) is 11.4. The van der Waals surface area contributed by atoms with Gasteiger partial charge >= 0.3 is 5.63 Å². The second kappa shape index (κ2) is 8.66. The maximum Gasteiger partial charge on any atom is 0.349 e. The van der Waals surface area contributed by atoms with Gasteiger partial charge in [0.25, 0.3) is 5.91 Å². The molecule has 0 aliphatic heterocycles. The molecule has 2 heterocycles. The highest BCUT2D eigenvalue weighted by Crippen LogP contribution is 2.39. The van der Waals surface area contributed by atoms with Crippen molar-refractivity contribution in [1.29, 1.82) is 0 Å². The van der Waals surface area contributed by atoms with Gasteiger partial charge in [-0.15, -0.1) is 0 Å². The third-order valence-corrected chi connectivity index (χ3v) is 6.32. The van der Waals surface area contributed by atoms with E-state index in [-0.39, 0.29) is 5.56 Å². The Morgan fingerprint density at radius 3 is 2.71 bits per heavy atom. The number of rotatable bonds is 6. The van der Waals surface area contributed by atoms with Gasteiger partial charge in [-0.1, -0.05) is 41.1 Å². The zero-order valence-electron chi connectivity index (χ0n) is 17.2. The van der Waals surface area contributed by atoms with Gasteiger partial charge in [-0.2, -0.15) is 0 Å². The third kappa shape index (κ3) is 4.14. The molecule has 4 aromatic rings. The number of anilines is 1. The maximum atomic E-state index is 13.5. The minimum Gasteiger partial charge on any atom is -0.494 e. The highest BCUT2D eigenvalue weighted by molar-refractivity contribution is 7.23. The lowest BCUT2D eigenvalue weighted by atomic mass is 10.1. The molecule has 0 aliphatic carbocycles. The number of carbonyl (C=O) groups is 1. The van der Waals surface area contributed by atoms with Crippen molar-refractivity contribution in [2.45, 2.75) is 0 Å². The van der Waals surface area contributed by atoms with Crippen LogP contribution in [0.1, 0.15) is 10.4 Å². The van der Waals surface area contributed by atoms with Gasteiger partial charge < -0.3 is 14.1 Å². The highest BCUT2D eigenvalue weighted by Gasteiger charge is 2.26. The average Bonchev–Trinajstić information content (AvgIpc) is 3.19. The Kier molecular flexibility index (Phi) is 5.95. The molecular weight excluding hydrogens is 438 g/mol. The number of benzene rings is 2. The summed E-state index contributed by atoms with van der Waals surface area (Å²) in [6.07, 6.45) is 0. The number of likely N-dealkylation sites (N-methyl/N-ethyl adjacent to an activating group) is 1. The van der Waals surface area contributed by atoms with Crippen LogP contribution in [0.4, 0.5) is 5.13 Å². The van der Waals surface area contributed by atoms with Crippen LogP contribution in [0.15, 0.2) is 51.7 Å². The first-order valence-corrected chi connectivity index (χ1v) is 10.7. The number of aromatic nitrogens is 1. The number of para-hydroxylation sites is 1. The molecule has 9 heteroatoms. The number of halogens is 1. The van der Waals surface area contributed by atoms with E-state index in [1.54, 1.807) is 43.5 Å². The number of fused-ring (bicyclic) bond motifs is 2. The predicted molar refractivity (Wildman–Crippen MR) is 124 cm³/mol. The average molecular weight is 458 g/mol. The molecule has 0 spiro atoms. The minimum absolute atomic E-state index is 0.0465. The molecule has 4 rings (SSSR count). The van der Waals surface area contributed by atoms with Crippen molar-refractivity contribution in [2.75, 3.05) is 39.2 Å². The Hall–Kier alpha value is -2.94. The van der Waals surface area contributed by atoms with E-state index in [1.165, 1.54) is 16.2 Å². The number of methoxy groups -OCH3 is 1. The van der Waals surface area contributed by atoms with Crippen molar-refractivity contribution in [3.8, 4) is 5.75 Å². The zero-order chi connectivity index (χ0) is 22.1. The van der Waals surface area contributed by atoms with E-state index >= 15 is 0 Å². The monoisotopic (exact) mass is 457 g/mol. The van der Waals surface area contributed by atoms with Crippen molar-refractivity contribution >= 4 is 55.2 Å². The summed E-state index contributed by atoms with van der Waals surface area (Å²) in [5, 5.41) is 1.62. The van der Waals surface area contributed by atoms with Gasteiger partial charge in [0, 0.05) is 18.5 Å². The fourth-order valence-electron chi connectivity index (χ4n) is 3.16. The third-order valence-electron chi connectivity index (χ3n) is 4.79. The van der Waals surface area contributed by atoms with Crippen LogP contribution < -0.4 is 15.3 Å². The fraction of sp³-hybridized carbons (Fsp3) is 0.227. The van der Waals surface area contributed by atoms with Crippen LogP contribution in [0.3, 0.4) is 0 Å². The molecule has 0 bridgehead atoms. The Balaban J connectivity index is 1.83. The van der Waals surface area contributed by atoms with Crippen molar-refractivity contribution in [3.05, 3.63) is 63.5 Å². The lowest BCUT2D eigenvalue weighted by Gasteiger charge is -2.21. The number of hydrogen-bond acceptors (Lipinski definition) is 7. The van der Waals surface area contributed by atoms with Crippen LogP contribution >= 0.6 is 22.9 Å². The summed E-state index contributed by atoms with van der Waals surface area (Å²) in [6.45, 7) is 0.906. The highest BCUT2D eigenvalue weighted by atomic mass is 35.5. The number of carbonyl (C=O) groups excluding carboxylic acids is 1. The molecule has 0 saturated heterocycles. The number of thiazole rings is 1. The van der Waals surface area contributed by atoms with Crippen LogP contribution in [0, 0.1) is 0 Å². The van der Waals surface area contributed by atoms with E-state index in [1.807, 2.05) is 25.1 Å². The first kappa shape index (κ1) is 21.3. The molecule has 160 valence electrons. The Morgan fingerprint density at radius 1 is 1.19 bits per heavy atom. The number of amides is 1. The maximum absolute atomic E-state index is 13.5.